The van der Waals surface area contributed by atoms with E-state index in [9.17, 15) is 13.6 Å². The van der Waals surface area contributed by atoms with Crippen molar-refractivity contribution in [1.29, 1.82) is 0 Å². The molecule has 2 nitrogen and oxygen atoms in total. The van der Waals surface area contributed by atoms with Crippen LogP contribution in [0.4, 0.5) is 8.78 Å². The summed E-state index contributed by atoms with van der Waals surface area (Å²) >= 11 is 0. The first-order valence-electron chi connectivity index (χ1n) is 8.89. The molecule has 0 aliphatic rings. The van der Waals surface area contributed by atoms with E-state index in [0.717, 1.165) is 22.4 Å². The molecule has 0 aliphatic heterocycles. The van der Waals surface area contributed by atoms with Crippen LogP contribution in [0.1, 0.15) is 29.2 Å². The van der Waals surface area contributed by atoms with E-state index in [1.807, 2.05) is 43.3 Å². The highest BCUT2D eigenvalue weighted by Gasteiger charge is 2.25. The smallest absolute Gasteiger partial charge is 0.245 e. The number of halogens is 2. The van der Waals surface area contributed by atoms with Crippen LogP contribution in [0.25, 0.3) is 11.1 Å². The molecule has 3 aromatic rings. The molecule has 0 fully saturated rings. The molecule has 0 spiro atoms. The predicted molar refractivity (Wildman–Crippen MR) is 103 cm³/mol. The molecule has 2 aromatic carbocycles. The lowest BCUT2D eigenvalue weighted by atomic mass is 9.92. The summed E-state index contributed by atoms with van der Waals surface area (Å²) in [4.78, 5) is 16.5. The third-order valence-electron chi connectivity index (χ3n) is 4.56. The van der Waals surface area contributed by atoms with Gasteiger partial charge in [-0.1, -0.05) is 54.6 Å². The number of nitrogens with zero attached hydrogens (tertiary/aromatic N) is 1. The molecule has 0 amide bonds. The Bertz CT molecular complexity index is 892. The minimum atomic E-state index is -2.56. The average molecular weight is 365 g/mol. The topological polar surface area (TPSA) is 30.0 Å². The summed E-state index contributed by atoms with van der Waals surface area (Å²) in [7, 11) is 0. The number of carbonyl (C=O) groups excluding carboxylic acids is 1. The molecule has 4 heteroatoms. The van der Waals surface area contributed by atoms with Gasteiger partial charge in [-0.25, -0.2) is 8.78 Å². The Morgan fingerprint density at radius 2 is 1.67 bits per heavy atom. The largest absolute Gasteiger partial charge is 0.299 e. The lowest BCUT2D eigenvalue weighted by molar-refractivity contribution is -0.119. The average Bonchev–Trinajstić information content (AvgIpc) is 2.67. The Labute approximate surface area is 157 Å². The SMILES string of the molecule is Cc1cc(-c2ccc(CC(=O)CC(c3ccccc3)C(F)F)cc2)ccn1. The third-order valence-corrected chi connectivity index (χ3v) is 4.56. The molecule has 1 unspecified atom stereocenters. The van der Waals surface area contributed by atoms with Crippen LogP contribution in [0.15, 0.2) is 72.9 Å². The fourth-order valence-corrected chi connectivity index (χ4v) is 3.14. The van der Waals surface area contributed by atoms with Gasteiger partial charge < -0.3 is 0 Å². The van der Waals surface area contributed by atoms with E-state index in [1.54, 1.807) is 36.5 Å². The van der Waals surface area contributed by atoms with E-state index in [0.29, 0.717) is 5.56 Å². The Morgan fingerprint density at radius 1 is 0.963 bits per heavy atom. The van der Waals surface area contributed by atoms with E-state index < -0.39 is 12.3 Å². The van der Waals surface area contributed by atoms with Crippen LogP contribution in [-0.2, 0) is 11.2 Å². The Hall–Kier alpha value is -2.88. The van der Waals surface area contributed by atoms with Gasteiger partial charge in [-0.15, -0.1) is 0 Å². The number of hydrogen-bond donors (Lipinski definition) is 0. The number of Topliss-reactive ketones (excluding diaryl/α,β-unsaturated/α-hetero) is 1. The summed E-state index contributed by atoms with van der Waals surface area (Å²) in [5.74, 6) is -1.24. The number of benzene rings is 2. The van der Waals surface area contributed by atoms with Crippen molar-refractivity contribution < 1.29 is 13.6 Å². The fraction of sp³-hybridized carbons (Fsp3) is 0.217. The second-order valence-corrected chi connectivity index (χ2v) is 6.65. The Balaban J connectivity index is 1.67. The van der Waals surface area contributed by atoms with Crippen molar-refractivity contribution in [2.45, 2.75) is 32.1 Å². The maximum atomic E-state index is 13.4. The third kappa shape index (κ3) is 5.07. The van der Waals surface area contributed by atoms with Gasteiger partial charge in [0.1, 0.15) is 5.78 Å². The van der Waals surface area contributed by atoms with Gasteiger partial charge in [0.25, 0.3) is 0 Å². The molecule has 0 saturated heterocycles. The van der Waals surface area contributed by atoms with Gasteiger partial charge in [-0.2, -0.15) is 0 Å². The second kappa shape index (κ2) is 8.67. The molecule has 27 heavy (non-hydrogen) atoms. The lowest BCUT2D eigenvalue weighted by Crippen LogP contribution is -2.16. The minimum absolute atomic E-state index is 0.158. The number of pyridine rings is 1. The molecule has 1 atom stereocenters. The van der Waals surface area contributed by atoms with E-state index >= 15 is 0 Å². The molecule has 1 heterocycles. The zero-order valence-corrected chi connectivity index (χ0v) is 15.1. The van der Waals surface area contributed by atoms with Gasteiger partial charge in [0.15, 0.2) is 0 Å². The van der Waals surface area contributed by atoms with E-state index in [1.165, 1.54) is 0 Å². The number of aromatic nitrogens is 1. The van der Waals surface area contributed by atoms with Crippen molar-refractivity contribution in [2.24, 2.45) is 0 Å². The molecule has 0 bridgehead atoms. The molecule has 138 valence electrons. The van der Waals surface area contributed by atoms with Crippen molar-refractivity contribution in [3.8, 4) is 11.1 Å². The van der Waals surface area contributed by atoms with Gasteiger partial charge >= 0.3 is 0 Å². The number of rotatable bonds is 7. The van der Waals surface area contributed by atoms with Crippen molar-refractivity contribution >= 4 is 5.78 Å². The summed E-state index contributed by atoms with van der Waals surface area (Å²) in [6.45, 7) is 1.93. The monoisotopic (exact) mass is 365 g/mol. The summed E-state index contributed by atoms with van der Waals surface area (Å²) in [6.07, 6.45) is -0.803. The molecule has 0 radical (unpaired) electrons. The van der Waals surface area contributed by atoms with Crippen molar-refractivity contribution in [1.82, 2.24) is 4.98 Å². The van der Waals surface area contributed by atoms with Gasteiger partial charge in [-0.05, 0) is 41.3 Å². The normalized spacial score (nSPS) is 12.1. The van der Waals surface area contributed by atoms with Crippen LogP contribution in [0, 0.1) is 6.92 Å². The Kier molecular flexibility index (Phi) is 6.07. The van der Waals surface area contributed by atoms with Crippen LogP contribution < -0.4 is 0 Å². The minimum Gasteiger partial charge on any atom is -0.299 e. The first-order valence-corrected chi connectivity index (χ1v) is 8.89. The van der Waals surface area contributed by atoms with Gasteiger partial charge in [0, 0.05) is 24.7 Å². The van der Waals surface area contributed by atoms with Crippen molar-refractivity contribution in [3.05, 3.63) is 89.7 Å². The second-order valence-electron chi connectivity index (χ2n) is 6.65. The number of ketones is 1. The zero-order chi connectivity index (χ0) is 19.2. The predicted octanol–water partition coefficient (Wildman–Crippen LogP) is 5.61. The standard InChI is InChI=1S/C23H21F2NO/c1-16-13-20(11-12-26-16)18-9-7-17(8-10-18)14-21(27)15-22(23(24)25)19-5-3-2-4-6-19/h2-13,22-23H,14-15H2,1H3. The molecular weight excluding hydrogens is 344 g/mol. The maximum Gasteiger partial charge on any atom is 0.245 e. The van der Waals surface area contributed by atoms with Crippen molar-refractivity contribution in [2.75, 3.05) is 0 Å². The summed E-state index contributed by atoms with van der Waals surface area (Å²) in [6, 6.07) is 20.1. The van der Waals surface area contributed by atoms with Crippen LogP contribution in [0.3, 0.4) is 0 Å². The fourth-order valence-electron chi connectivity index (χ4n) is 3.14. The first kappa shape index (κ1) is 18.9. The molecule has 3 rings (SSSR count). The van der Waals surface area contributed by atoms with Crippen LogP contribution >= 0.6 is 0 Å². The summed E-state index contributed by atoms with van der Waals surface area (Å²) in [5.41, 5.74) is 4.36. The molecular formula is C23H21F2NO. The molecule has 0 aliphatic carbocycles. The van der Waals surface area contributed by atoms with E-state index in [-0.39, 0.29) is 18.6 Å². The first-order chi connectivity index (χ1) is 13.0. The van der Waals surface area contributed by atoms with Crippen LogP contribution in [0.5, 0.6) is 0 Å². The quantitative estimate of drug-likeness (QED) is 0.545. The van der Waals surface area contributed by atoms with E-state index in [2.05, 4.69) is 4.98 Å². The molecule has 1 aromatic heterocycles. The van der Waals surface area contributed by atoms with Crippen LogP contribution in [0.2, 0.25) is 0 Å². The maximum absolute atomic E-state index is 13.4. The summed E-state index contributed by atoms with van der Waals surface area (Å²) < 4.78 is 26.8. The lowest BCUT2D eigenvalue weighted by Gasteiger charge is -2.15. The number of aryl methyl sites for hydroxylation is 1. The zero-order valence-electron chi connectivity index (χ0n) is 15.1. The highest BCUT2D eigenvalue weighted by molar-refractivity contribution is 5.82. The number of hydrogen-bond acceptors (Lipinski definition) is 2. The molecule has 0 saturated carbocycles. The van der Waals surface area contributed by atoms with E-state index in [4.69, 9.17) is 0 Å². The summed E-state index contributed by atoms with van der Waals surface area (Å²) in [5, 5.41) is 0. The number of alkyl halides is 2. The van der Waals surface area contributed by atoms with Gasteiger partial charge in [0.05, 0.1) is 5.92 Å². The molecule has 0 N–H and O–H groups in total. The highest BCUT2D eigenvalue weighted by atomic mass is 19.3. The number of carbonyl (C=O) groups is 1. The van der Waals surface area contributed by atoms with Gasteiger partial charge in [-0.3, -0.25) is 9.78 Å². The highest BCUT2D eigenvalue weighted by Crippen LogP contribution is 2.28. The Morgan fingerprint density at radius 3 is 2.30 bits per heavy atom. The van der Waals surface area contributed by atoms with Crippen molar-refractivity contribution in [3.63, 3.8) is 0 Å². The van der Waals surface area contributed by atoms with Gasteiger partial charge in [0.2, 0.25) is 6.43 Å². The van der Waals surface area contributed by atoms with Crippen LogP contribution in [-0.4, -0.2) is 17.2 Å².